The molecule has 0 radical (unpaired) electrons. The number of aromatic nitrogens is 3. The molecule has 25 heavy (non-hydrogen) atoms. The summed E-state index contributed by atoms with van der Waals surface area (Å²) in [6, 6.07) is 8.26. The van der Waals surface area contributed by atoms with Crippen molar-refractivity contribution in [1.29, 1.82) is 0 Å². The van der Waals surface area contributed by atoms with Gasteiger partial charge in [-0.3, -0.25) is 4.90 Å². The van der Waals surface area contributed by atoms with E-state index < -0.39 is 0 Å². The molecule has 0 aliphatic carbocycles. The summed E-state index contributed by atoms with van der Waals surface area (Å²) in [6.07, 6.45) is 13.4. The van der Waals surface area contributed by atoms with Gasteiger partial charge in [0, 0.05) is 0 Å². The highest BCUT2D eigenvalue weighted by molar-refractivity contribution is 5.73. The number of fused-ring (bicyclic) bond motifs is 1. The first kappa shape index (κ1) is 19.9. The predicted octanol–water partition coefficient (Wildman–Crippen LogP) is 5.63. The first-order chi connectivity index (χ1) is 12.3. The van der Waals surface area contributed by atoms with Gasteiger partial charge in [-0.15, -0.1) is 5.10 Å². The summed E-state index contributed by atoms with van der Waals surface area (Å²) in [5.41, 5.74) is 2.14. The Morgan fingerprint density at radius 1 is 0.800 bits per heavy atom. The molecular weight excluding hydrogens is 308 g/mol. The maximum atomic E-state index is 4.38. The predicted molar refractivity (Wildman–Crippen MR) is 107 cm³/mol. The molecule has 2 rings (SSSR count). The molecule has 1 aromatic heterocycles. The monoisotopic (exact) mass is 344 g/mol. The SMILES string of the molecule is CCCCCCCN(CCCCCCC)Cn1nnc2ccccc21. The molecule has 0 aliphatic heterocycles. The second-order valence-electron chi connectivity index (χ2n) is 7.17. The molecule has 0 aliphatic rings. The minimum absolute atomic E-state index is 0.863. The van der Waals surface area contributed by atoms with Gasteiger partial charge in [0.1, 0.15) is 5.52 Å². The zero-order valence-electron chi connectivity index (χ0n) is 16.3. The lowest BCUT2D eigenvalue weighted by Gasteiger charge is -2.22. The fourth-order valence-electron chi connectivity index (χ4n) is 3.34. The molecular formula is C21H36N4. The van der Waals surface area contributed by atoms with Crippen LogP contribution in [-0.2, 0) is 6.67 Å². The van der Waals surface area contributed by atoms with Gasteiger partial charge in [0.25, 0.3) is 0 Å². The number of hydrogen-bond donors (Lipinski definition) is 0. The van der Waals surface area contributed by atoms with Crippen LogP contribution in [0.1, 0.15) is 78.1 Å². The number of unbranched alkanes of at least 4 members (excludes halogenated alkanes) is 8. The van der Waals surface area contributed by atoms with Crippen LogP contribution in [0.15, 0.2) is 24.3 Å². The van der Waals surface area contributed by atoms with Crippen LogP contribution >= 0.6 is 0 Å². The molecule has 0 amide bonds. The number of nitrogens with zero attached hydrogens (tertiary/aromatic N) is 4. The quantitative estimate of drug-likeness (QED) is 0.416. The van der Waals surface area contributed by atoms with Crippen LogP contribution < -0.4 is 0 Å². The van der Waals surface area contributed by atoms with E-state index in [9.17, 15) is 0 Å². The summed E-state index contributed by atoms with van der Waals surface area (Å²) in [7, 11) is 0. The number of para-hydroxylation sites is 1. The molecule has 1 aromatic carbocycles. The van der Waals surface area contributed by atoms with Gasteiger partial charge in [-0.05, 0) is 38.1 Å². The van der Waals surface area contributed by atoms with Crippen molar-refractivity contribution in [2.75, 3.05) is 13.1 Å². The molecule has 0 saturated heterocycles. The Hall–Kier alpha value is -1.42. The van der Waals surface area contributed by atoms with Gasteiger partial charge in [0.05, 0.1) is 12.2 Å². The van der Waals surface area contributed by atoms with E-state index >= 15 is 0 Å². The van der Waals surface area contributed by atoms with Crippen molar-refractivity contribution in [2.24, 2.45) is 0 Å². The fraction of sp³-hybridized carbons (Fsp3) is 0.714. The molecule has 0 saturated carbocycles. The summed E-state index contributed by atoms with van der Waals surface area (Å²) >= 11 is 0. The highest BCUT2D eigenvalue weighted by atomic mass is 15.5. The van der Waals surface area contributed by atoms with E-state index in [-0.39, 0.29) is 0 Å². The van der Waals surface area contributed by atoms with E-state index in [1.807, 2.05) is 12.1 Å². The summed E-state index contributed by atoms with van der Waals surface area (Å²) in [5.74, 6) is 0. The van der Waals surface area contributed by atoms with Crippen LogP contribution in [0.5, 0.6) is 0 Å². The summed E-state index contributed by atoms with van der Waals surface area (Å²) in [4.78, 5) is 2.57. The number of hydrogen-bond acceptors (Lipinski definition) is 3. The summed E-state index contributed by atoms with van der Waals surface area (Å²) in [6.45, 7) is 7.76. The van der Waals surface area contributed by atoms with Gasteiger partial charge in [-0.1, -0.05) is 82.6 Å². The second-order valence-corrected chi connectivity index (χ2v) is 7.17. The average molecular weight is 345 g/mol. The maximum absolute atomic E-state index is 4.38. The van der Waals surface area contributed by atoms with Crippen LogP contribution in [0.25, 0.3) is 11.0 Å². The van der Waals surface area contributed by atoms with Gasteiger partial charge < -0.3 is 0 Å². The second kappa shape index (κ2) is 12.0. The summed E-state index contributed by atoms with van der Waals surface area (Å²) in [5, 5.41) is 8.68. The molecule has 140 valence electrons. The Balaban J connectivity index is 1.85. The van der Waals surface area contributed by atoms with Crippen LogP contribution in [0.4, 0.5) is 0 Å². The highest BCUT2D eigenvalue weighted by Crippen LogP contribution is 2.12. The molecule has 0 fully saturated rings. The first-order valence-corrected chi connectivity index (χ1v) is 10.4. The van der Waals surface area contributed by atoms with Crippen molar-refractivity contribution in [2.45, 2.75) is 84.7 Å². The van der Waals surface area contributed by atoms with Crippen molar-refractivity contribution < 1.29 is 0 Å². The minimum atomic E-state index is 0.863. The van der Waals surface area contributed by atoms with Crippen molar-refractivity contribution >= 4 is 11.0 Å². The Morgan fingerprint density at radius 2 is 1.40 bits per heavy atom. The smallest absolute Gasteiger partial charge is 0.113 e. The zero-order chi connectivity index (χ0) is 17.7. The molecule has 2 aromatic rings. The van der Waals surface area contributed by atoms with Crippen molar-refractivity contribution in [1.82, 2.24) is 19.9 Å². The Labute approximate surface area is 153 Å². The Kier molecular flexibility index (Phi) is 9.57. The third kappa shape index (κ3) is 7.15. The third-order valence-corrected chi connectivity index (χ3v) is 4.91. The van der Waals surface area contributed by atoms with Gasteiger partial charge in [0.15, 0.2) is 0 Å². The topological polar surface area (TPSA) is 34.0 Å². The summed E-state index contributed by atoms with van der Waals surface area (Å²) < 4.78 is 2.06. The largest absolute Gasteiger partial charge is 0.284 e. The third-order valence-electron chi connectivity index (χ3n) is 4.91. The minimum Gasteiger partial charge on any atom is -0.284 e. The molecule has 0 unspecified atom stereocenters. The van der Waals surface area contributed by atoms with Crippen LogP contribution in [0.3, 0.4) is 0 Å². The van der Waals surface area contributed by atoms with Crippen molar-refractivity contribution in [3.05, 3.63) is 24.3 Å². The molecule has 1 heterocycles. The standard InChI is InChI=1S/C21H36N4/c1-3-5-7-9-13-17-24(18-14-10-8-6-4-2)19-25-21-16-12-11-15-20(21)22-23-25/h11-12,15-16H,3-10,13-14,17-19H2,1-2H3. The normalized spacial score (nSPS) is 11.6. The van der Waals surface area contributed by atoms with E-state index in [0.29, 0.717) is 0 Å². The Morgan fingerprint density at radius 3 is 2.04 bits per heavy atom. The van der Waals surface area contributed by atoms with E-state index in [2.05, 4.69) is 45.9 Å². The molecule has 0 N–H and O–H groups in total. The molecule has 4 nitrogen and oxygen atoms in total. The number of rotatable bonds is 14. The van der Waals surface area contributed by atoms with E-state index in [4.69, 9.17) is 0 Å². The molecule has 0 atom stereocenters. The van der Waals surface area contributed by atoms with Gasteiger partial charge in [0.2, 0.25) is 0 Å². The van der Waals surface area contributed by atoms with E-state index in [0.717, 1.165) is 17.7 Å². The van der Waals surface area contributed by atoms with Gasteiger partial charge >= 0.3 is 0 Å². The van der Waals surface area contributed by atoms with Crippen molar-refractivity contribution in [3.63, 3.8) is 0 Å². The first-order valence-electron chi connectivity index (χ1n) is 10.4. The van der Waals surface area contributed by atoms with Gasteiger partial charge in [-0.25, -0.2) is 4.68 Å². The fourth-order valence-corrected chi connectivity index (χ4v) is 3.34. The van der Waals surface area contributed by atoms with Crippen LogP contribution in [0, 0.1) is 0 Å². The van der Waals surface area contributed by atoms with Gasteiger partial charge in [-0.2, -0.15) is 0 Å². The molecule has 4 heteroatoms. The van der Waals surface area contributed by atoms with E-state index in [1.54, 1.807) is 0 Å². The lowest BCUT2D eigenvalue weighted by atomic mass is 10.1. The lowest BCUT2D eigenvalue weighted by molar-refractivity contribution is 0.200. The highest BCUT2D eigenvalue weighted by Gasteiger charge is 2.09. The van der Waals surface area contributed by atoms with Crippen LogP contribution in [0.2, 0.25) is 0 Å². The zero-order valence-corrected chi connectivity index (χ0v) is 16.3. The lowest BCUT2D eigenvalue weighted by Crippen LogP contribution is -2.29. The molecule has 0 bridgehead atoms. The van der Waals surface area contributed by atoms with E-state index in [1.165, 1.54) is 77.3 Å². The average Bonchev–Trinajstić information content (AvgIpc) is 3.04. The van der Waals surface area contributed by atoms with Crippen molar-refractivity contribution in [3.8, 4) is 0 Å². The maximum Gasteiger partial charge on any atom is 0.113 e. The Bertz CT molecular complexity index is 564. The van der Waals surface area contributed by atoms with Crippen LogP contribution in [-0.4, -0.2) is 33.0 Å². The number of benzene rings is 1. The molecule has 0 spiro atoms.